The number of nitrogens with one attached hydrogen (secondary N) is 4. The first-order valence-electron chi connectivity index (χ1n) is 9.76. The number of sulfonamides is 1. The summed E-state index contributed by atoms with van der Waals surface area (Å²) in [5, 5.41) is 15.4. The van der Waals surface area contributed by atoms with E-state index >= 15 is 4.39 Å². The summed E-state index contributed by atoms with van der Waals surface area (Å²) in [6, 6.07) is 3.16. The van der Waals surface area contributed by atoms with Crippen LogP contribution in [0, 0.1) is 11.2 Å². The van der Waals surface area contributed by atoms with Crippen molar-refractivity contribution in [3.8, 4) is 0 Å². The molecule has 0 spiro atoms. The molecule has 3 aliphatic heterocycles. The molecule has 0 aromatic heterocycles. The Kier molecular flexibility index (Phi) is 5.54. The lowest BCUT2D eigenvalue weighted by atomic mass is 9.81. The molecule has 2 fully saturated rings. The van der Waals surface area contributed by atoms with Crippen molar-refractivity contribution in [2.75, 3.05) is 32.7 Å². The second-order valence-corrected chi connectivity index (χ2v) is 9.71. The first kappa shape index (κ1) is 22.0. The predicted octanol–water partition coefficient (Wildman–Crippen LogP) is 0.0359. The molecule has 13 heteroatoms. The first-order valence-corrected chi connectivity index (χ1v) is 11.3. The third kappa shape index (κ3) is 3.56. The van der Waals surface area contributed by atoms with Crippen LogP contribution in [0.3, 0.4) is 0 Å². The van der Waals surface area contributed by atoms with E-state index in [0.29, 0.717) is 5.88 Å². The third-order valence-electron chi connectivity index (χ3n) is 5.80. The monoisotopic (exact) mass is 466 g/mol. The third-order valence-corrected chi connectivity index (χ3v) is 8.00. The molecule has 0 bridgehead atoms. The molecule has 1 aromatic rings. The van der Waals surface area contributed by atoms with Crippen LogP contribution in [0.2, 0.25) is 0 Å². The van der Waals surface area contributed by atoms with Crippen molar-refractivity contribution in [1.29, 1.82) is 5.41 Å². The molecule has 2 saturated heterocycles. The normalized spacial score (nSPS) is 28.7. The average molecular weight is 466 g/mol. The molecule has 0 saturated carbocycles. The average Bonchev–Trinajstić information content (AvgIpc) is 2.79. The molecule has 2 unspecified atom stereocenters. The predicted molar refractivity (Wildman–Crippen MR) is 114 cm³/mol. The van der Waals surface area contributed by atoms with Gasteiger partial charge >= 0.3 is 0 Å². The number of anilines is 1. The highest BCUT2D eigenvalue weighted by atomic mass is 32.2. The molecule has 4 rings (SSSR count). The summed E-state index contributed by atoms with van der Waals surface area (Å²) in [4.78, 5) is 16.6. The number of methoxy groups -OCH3 is 1. The summed E-state index contributed by atoms with van der Waals surface area (Å²) in [6.07, 6.45) is 2.95. The van der Waals surface area contributed by atoms with E-state index in [9.17, 15) is 13.2 Å². The quantitative estimate of drug-likeness (QED) is 0.490. The Labute approximate surface area is 184 Å². The summed E-state index contributed by atoms with van der Waals surface area (Å²) in [7, 11) is -1.26. The van der Waals surface area contributed by atoms with Crippen LogP contribution in [0.25, 0.3) is 0 Å². The Morgan fingerprint density at radius 2 is 2.25 bits per heavy atom. The number of ether oxygens (including phenoxy) is 2. The van der Waals surface area contributed by atoms with Crippen LogP contribution in [-0.2, 0) is 29.8 Å². The molecule has 0 radical (unpaired) electrons. The van der Waals surface area contributed by atoms with Gasteiger partial charge in [0.15, 0.2) is 0 Å². The van der Waals surface area contributed by atoms with E-state index in [0.717, 1.165) is 10.4 Å². The molecular formula is C19H23FN6O5S. The van der Waals surface area contributed by atoms with Crippen LogP contribution in [-0.4, -0.2) is 69.5 Å². The molecule has 1 aromatic carbocycles. The molecular weight excluding hydrogens is 443 g/mol. The Hall–Kier alpha value is -3.19. The van der Waals surface area contributed by atoms with E-state index in [1.165, 1.54) is 38.7 Å². The largest absolute Gasteiger partial charge is 0.480 e. The fraction of sp³-hybridized carbons (Fsp3) is 0.421. The van der Waals surface area contributed by atoms with Gasteiger partial charge in [-0.05, 0) is 24.6 Å². The maximum Gasteiger partial charge on any atom is 0.252 e. The van der Waals surface area contributed by atoms with Crippen molar-refractivity contribution in [2.24, 2.45) is 4.99 Å². The number of carbonyl (C=O) groups excluding carboxylic acids is 1. The number of hydrogen-bond acceptors (Lipinski definition) is 8. The van der Waals surface area contributed by atoms with Crippen molar-refractivity contribution >= 4 is 33.8 Å². The second kappa shape index (κ2) is 8.06. The highest BCUT2D eigenvalue weighted by Gasteiger charge is 2.56. The minimum absolute atomic E-state index is 0.0388. The Balaban J connectivity index is 1.66. The number of carbonyl (C=O) groups is 1. The van der Waals surface area contributed by atoms with E-state index in [4.69, 9.17) is 14.9 Å². The lowest BCUT2D eigenvalue weighted by Gasteiger charge is -2.50. The van der Waals surface area contributed by atoms with Gasteiger partial charge in [0, 0.05) is 31.1 Å². The van der Waals surface area contributed by atoms with Gasteiger partial charge in [0.25, 0.3) is 5.91 Å². The number of benzene rings is 1. The topological polar surface area (TPSA) is 145 Å². The molecule has 1 amide bonds. The number of fused-ring (bicyclic) bond motifs is 1. The summed E-state index contributed by atoms with van der Waals surface area (Å²) in [5.41, 5.74) is -1.10. The van der Waals surface area contributed by atoms with Crippen molar-refractivity contribution in [1.82, 2.24) is 14.9 Å². The van der Waals surface area contributed by atoms with Crippen LogP contribution in [0.5, 0.6) is 0 Å². The zero-order valence-electron chi connectivity index (χ0n) is 17.4. The molecule has 3 atom stereocenters. The van der Waals surface area contributed by atoms with Gasteiger partial charge in [-0.1, -0.05) is 0 Å². The van der Waals surface area contributed by atoms with Crippen LogP contribution < -0.4 is 16.0 Å². The molecule has 32 heavy (non-hydrogen) atoms. The number of aliphatic imine (C=N–C) groups is 1. The Morgan fingerprint density at radius 3 is 2.94 bits per heavy atom. The second-order valence-electron chi connectivity index (χ2n) is 7.56. The zero-order chi connectivity index (χ0) is 23.1. The van der Waals surface area contributed by atoms with Gasteiger partial charge in [0.2, 0.25) is 21.9 Å². The Bertz CT molecular complexity index is 1120. The van der Waals surface area contributed by atoms with Crippen molar-refractivity contribution in [3.63, 3.8) is 0 Å². The van der Waals surface area contributed by atoms with Gasteiger partial charge in [0.1, 0.15) is 17.1 Å². The zero-order valence-corrected chi connectivity index (χ0v) is 18.2. The fourth-order valence-electron chi connectivity index (χ4n) is 4.00. The molecule has 11 nitrogen and oxygen atoms in total. The number of hydrogen-bond donors (Lipinski definition) is 4. The lowest BCUT2D eigenvalue weighted by molar-refractivity contribution is -0.116. The highest BCUT2D eigenvalue weighted by molar-refractivity contribution is 7.90. The molecule has 0 aliphatic carbocycles. The molecule has 3 heterocycles. The maximum absolute atomic E-state index is 15.0. The fourth-order valence-corrected chi connectivity index (χ4v) is 5.77. The highest BCUT2D eigenvalue weighted by Crippen LogP contribution is 2.41. The summed E-state index contributed by atoms with van der Waals surface area (Å²) < 4.78 is 52.2. The molecule has 172 valence electrons. The number of rotatable bonds is 4. The minimum Gasteiger partial charge on any atom is -0.480 e. The van der Waals surface area contributed by atoms with Gasteiger partial charge in [-0.15, -0.1) is 0 Å². The number of nitrogens with zero attached hydrogens (tertiary/aromatic N) is 2. The SMILES string of the molecule is COC1=CNC(C(=O)Nc2ccc(F)c([C@]34CCOCC3S(=O)(=O)N(C)C(=N)N4)c2)C=N1. The summed E-state index contributed by atoms with van der Waals surface area (Å²) in [6.45, 7) is 0.0300. The van der Waals surface area contributed by atoms with Crippen molar-refractivity contribution in [2.45, 2.75) is 23.3 Å². The van der Waals surface area contributed by atoms with Crippen LogP contribution in [0.1, 0.15) is 12.0 Å². The van der Waals surface area contributed by atoms with Gasteiger partial charge in [-0.2, -0.15) is 0 Å². The van der Waals surface area contributed by atoms with Crippen LogP contribution in [0.4, 0.5) is 10.1 Å². The van der Waals surface area contributed by atoms with E-state index in [1.807, 2.05) is 0 Å². The van der Waals surface area contributed by atoms with E-state index in [-0.39, 0.29) is 36.8 Å². The van der Waals surface area contributed by atoms with Crippen LogP contribution >= 0.6 is 0 Å². The van der Waals surface area contributed by atoms with Gasteiger partial charge in [-0.25, -0.2) is 22.1 Å². The minimum atomic E-state index is -3.97. The smallest absolute Gasteiger partial charge is 0.252 e. The van der Waals surface area contributed by atoms with E-state index in [1.54, 1.807) is 0 Å². The van der Waals surface area contributed by atoms with E-state index in [2.05, 4.69) is 20.9 Å². The maximum atomic E-state index is 15.0. The van der Waals surface area contributed by atoms with Crippen molar-refractivity contribution < 1.29 is 27.1 Å². The molecule has 3 aliphatic rings. The molecule has 4 N–H and O–H groups in total. The van der Waals surface area contributed by atoms with Crippen molar-refractivity contribution in [3.05, 3.63) is 41.7 Å². The van der Waals surface area contributed by atoms with E-state index < -0.39 is 38.6 Å². The standard InChI is InChI=1S/C19H23FN6O5S/c1-26-18(21)25-19(5-6-31-10-15(19)32(26,28)29)12-7-11(3-4-13(12)20)24-17(27)14-8-23-16(30-2)9-22-14/h3-4,7-9,14-15,22H,5-6,10H2,1-2H3,(H2,21,25)(H,24,27)/t14?,15?,19-/m1/s1. The summed E-state index contributed by atoms with van der Waals surface area (Å²) in [5.74, 6) is -1.14. The van der Waals surface area contributed by atoms with Gasteiger partial charge in [-0.3, -0.25) is 10.2 Å². The number of amides is 1. The summed E-state index contributed by atoms with van der Waals surface area (Å²) >= 11 is 0. The Morgan fingerprint density at radius 1 is 1.47 bits per heavy atom. The number of guanidine groups is 1. The van der Waals surface area contributed by atoms with Gasteiger partial charge < -0.3 is 25.4 Å². The van der Waals surface area contributed by atoms with Crippen LogP contribution in [0.15, 0.2) is 35.3 Å². The first-order chi connectivity index (χ1) is 15.2. The van der Waals surface area contributed by atoms with Gasteiger partial charge in [0.05, 0.1) is 25.5 Å². The lowest BCUT2D eigenvalue weighted by Crippen LogP contribution is -2.70. The number of halogens is 1.